The van der Waals surface area contributed by atoms with Gasteiger partial charge in [-0.15, -0.1) is 0 Å². The summed E-state index contributed by atoms with van der Waals surface area (Å²) in [6.45, 7) is 5.33. The lowest BCUT2D eigenvalue weighted by Gasteiger charge is -2.25. The summed E-state index contributed by atoms with van der Waals surface area (Å²) in [5.74, 6) is -1.63. The minimum Gasteiger partial charge on any atom is -0.493 e. The van der Waals surface area contributed by atoms with Gasteiger partial charge in [0, 0.05) is 18.2 Å². The molecule has 0 saturated heterocycles. The maximum absolute atomic E-state index is 14.1. The Kier molecular flexibility index (Phi) is 8.25. The molecule has 0 aliphatic heterocycles. The van der Waals surface area contributed by atoms with Gasteiger partial charge in [-0.2, -0.15) is 9.37 Å². The van der Waals surface area contributed by atoms with Gasteiger partial charge >= 0.3 is 0 Å². The van der Waals surface area contributed by atoms with Crippen molar-refractivity contribution in [1.82, 2.24) is 14.5 Å². The lowest BCUT2D eigenvalue weighted by atomic mass is 10.0. The zero-order valence-electron chi connectivity index (χ0n) is 21.9. The van der Waals surface area contributed by atoms with Gasteiger partial charge in [0.2, 0.25) is 21.7 Å². The Morgan fingerprint density at radius 3 is 2.41 bits per heavy atom. The van der Waals surface area contributed by atoms with Gasteiger partial charge in [0.15, 0.2) is 4.90 Å². The van der Waals surface area contributed by atoms with Crippen LogP contribution in [0.3, 0.4) is 0 Å². The zero-order chi connectivity index (χ0) is 28.3. The lowest BCUT2D eigenvalue weighted by molar-refractivity contribution is 0.358. The molecule has 0 amide bonds. The Bertz CT molecular complexity index is 1670. The molecular formula is C29H29F2N3O4S. The Balaban J connectivity index is 1.87. The largest absolute Gasteiger partial charge is 0.493 e. The van der Waals surface area contributed by atoms with Crippen molar-refractivity contribution in [2.75, 3.05) is 0 Å². The molecule has 0 aliphatic rings. The van der Waals surface area contributed by atoms with E-state index in [0.717, 1.165) is 6.42 Å². The van der Waals surface area contributed by atoms with Crippen molar-refractivity contribution in [1.29, 1.82) is 0 Å². The molecule has 2 heterocycles. The summed E-state index contributed by atoms with van der Waals surface area (Å²) in [6, 6.07) is 12.3. The average molecular weight is 554 g/mol. The predicted octanol–water partition coefficient (Wildman–Crippen LogP) is 5.77. The summed E-state index contributed by atoms with van der Waals surface area (Å²) in [5.41, 5.74) is 0.839. The van der Waals surface area contributed by atoms with Crippen LogP contribution >= 0.6 is 0 Å². The third kappa shape index (κ3) is 5.47. The number of unbranched alkanes of at least 4 members (excludes halogenated alkanes) is 1. The number of nitrogens with zero attached hydrogens (tertiary/aromatic N) is 3. The van der Waals surface area contributed by atoms with Crippen LogP contribution in [0, 0.1) is 18.7 Å². The van der Waals surface area contributed by atoms with E-state index in [4.69, 9.17) is 0 Å². The van der Waals surface area contributed by atoms with Crippen molar-refractivity contribution in [2.45, 2.75) is 62.3 Å². The van der Waals surface area contributed by atoms with Gasteiger partial charge in [-0.25, -0.2) is 17.8 Å². The second-order valence-electron chi connectivity index (χ2n) is 9.24. The van der Waals surface area contributed by atoms with E-state index in [1.54, 1.807) is 19.1 Å². The number of aromatic hydroxyl groups is 1. The van der Waals surface area contributed by atoms with E-state index in [1.165, 1.54) is 53.2 Å². The molecule has 204 valence electrons. The van der Waals surface area contributed by atoms with E-state index in [2.05, 4.69) is 9.97 Å². The molecule has 10 heteroatoms. The van der Waals surface area contributed by atoms with E-state index in [-0.39, 0.29) is 10.7 Å². The van der Waals surface area contributed by atoms with Gasteiger partial charge in [0.25, 0.3) is 5.56 Å². The predicted molar refractivity (Wildman–Crippen MR) is 143 cm³/mol. The Labute approximate surface area is 225 Å². The van der Waals surface area contributed by atoms with Crippen LogP contribution in [0.2, 0.25) is 0 Å². The van der Waals surface area contributed by atoms with Gasteiger partial charge in [-0.1, -0.05) is 44.5 Å². The maximum atomic E-state index is 14.1. The number of aromatic nitrogens is 3. The molecule has 0 unspecified atom stereocenters. The second-order valence-corrected chi connectivity index (χ2v) is 11.1. The minimum absolute atomic E-state index is 0.222. The number of hydrogen-bond acceptors (Lipinski definition) is 6. The number of rotatable bonds is 9. The molecule has 0 spiro atoms. The van der Waals surface area contributed by atoms with Crippen molar-refractivity contribution >= 4 is 9.84 Å². The molecule has 4 aromatic rings. The first-order valence-corrected chi connectivity index (χ1v) is 14.1. The fourth-order valence-corrected chi connectivity index (χ4v) is 6.00. The smallest absolute Gasteiger partial charge is 0.296 e. The number of hydrogen-bond donors (Lipinski definition) is 1. The van der Waals surface area contributed by atoms with E-state index >= 15 is 0 Å². The van der Waals surface area contributed by atoms with Gasteiger partial charge in [0.1, 0.15) is 11.6 Å². The molecule has 2 aromatic heterocycles. The molecule has 0 aliphatic carbocycles. The number of sulfone groups is 1. The summed E-state index contributed by atoms with van der Waals surface area (Å²) < 4.78 is 56.7. The fraction of sp³-hybridized carbons (Fsp3) is 0.276. The second kappa shape index (κ2) is 11.4. The topological polar surface area (TPSA) is 102 Å². The van der Waals surface area contributed by atoms with Crippen molar-refractivity contribution in [3.8, 4) is 17.0 Å². The van der Waals surface area contributed by atoms with Crippen LogP contribution in [0.4, 0.5) is 8.78 Å². The summed E-state index contributed by atoms with van der Waals surface area (Å²) in [4.78, 5) is 19.7. The van der Waals surface area contributed by atoms with Crippen LogP contribution in [0.15, 0.2) is 75.4 Å². The van der Waals surface area contributed by atoms with E-state index in [1.807, 2.05) is 13.8 Å². The fourth-order valence-electron chi connectivity index (χ4n) is 4.66. The van der Waals surface area contributed by atoms with Gasteiger partial charge in [-0.05, 0) is 66.8 Å². The first kappa shape index (κ1) is 28.1. The maximum Gasteiger partial charge on any atom is 0.296 e. The SMILES string of the molecule is CCCCc1nc(=O)c(S(=O)(=O)c2ccc(-c3ccnc(F)c3C)cc2)c(O)n1[C@@H](CC)c1cccc(F)c1. The molecule has 4 rings (SSSR count). The molecule has 2 aromatic carbocycles. The number of pyridine rings is 1. The zero-order valence-corrected chi connectivity index (χ0v) is 22.7. The summed E-state index contributed by atoms with van der Waals surface area (Å²) >= 11 is 0. The van der Waals surface area contributed by atoms with Gasteiger partial charge in [0.05, 0.1) is 10.9 Å². The first-order valence-electron chi connectivity index (χ1n) is 12.7. The Hall–Kier alpha value is -3.92. The van der Waals surface area contributed by atoms with E-state index < -0.39 is 44.0 Å². The molecule has 0 radical (unpaired) electrons. The third-order valence-corrected chi connectivity index (χ3v) is 8.49. The minimum atomic E-state index is -4.52. The molecule has 39 heavy (non-hydrogen) atoms. The van der Waals surface area contributed by atoms with Gasteiger partial charge < -0.3 is 5.11 Å². The van der Waals surface area contributed by atoms with Crippen LogP contribution in [0.25, 0.3) is 11.1 Å². The van der Waals surface area contributed by atoms with Gasteiger partial charge in [-0.3, -0.25) is 9.36 Å². The van der Waals surface area contributed by atoms with Crippen LogP contribution < -0.4 is 5.56 Å². The first-order chi connectivity index (χ1) is 18.6. The molecule has 0 saturated carbocycles. The summed E-state index contributed by atoms with van der Waals surface area (Å²) in [5, 5.41) is 11.4. The molecule has 7 nitrogen and oxygen atoms in total. The quantitative estimate of drug-likeness (QED) is 0.264. The highest BCUT2D eigenvalue weighted by atomic mass is 32.2. The highest BCUT2D eigenvalue weighted by Crippen LogP contribution is 2.34. The standard InChI is InChI=1S/C29H29F2N3O4S/c1-4-6-10-25-33-28(35)26(29(36)34(25)24(5-2)20-8-7-9-21(30)17-20)39(37,38)22-13-11-19(12-14-22)23-15-16-32-27(31)18(23)3/h7-9,11-17,24,36H,4-6,10H2,1-3H3/t24-/m0/s1. The highest BCUT2D eigenvalue weighted by molar-refractivity contribution is 7.91. The Morgan fingerprint density at radius 2 is 1.77 bits per heavy atom. The highest BCUT2D eigenvalue weighted by Gasteiger charge is 2.32. The van der Waals surface area contributed by atoms with Crippen LogP contribution in [0.5, 0.6) is 5.88 Å². The van der Waals surface area contributed by atoms with Crippen LogP contribution in [0.1, 0.15) is 56.1 Å². The summed E-state index contributed by atoms with van der Waals surface area (Å²) in [6.07, 6.45) is 3.44. The molecule has 1 atom stereocenters. The summed E-state index contributed by atoms with van der Waals surface area (Å²) in [7, 11) is -4.52. The number of halogens is 2. The van der Waals surface area contributed by atoms with Crippen molar-refractivity contribution < 1.29 is 22.3 Å². The molecular weight excluding hydrogens is 524 g/mol. The Morgan fingerprint density at radius 1 is 1.05 bits per heavy atom. The van der Waals surface area contributed by atoms with E-state index in [9.17, 15) is 27.1 Å². The number of aryl methyl sites for hydroxylation is 1. The molecule has 0 bridgehead atoms. The molecule has 1 N–H and O–H groups in total. The number of benzene rings is 2. The van der Waals surface area contributed by atoms with Crippen LogP contribution in [-0.4, -0.2) is 28.1 Å². The normalized spacial score (nSPS) is 12.4. The van der Waals surface area contributed by atoms with E-state index in [0.29, 0.717) is 41.5 Å². The third-order valence-electron chi connectivity index (χ3n) is 6.71. The lowest BCUT2D eigenvalue weighted by Crippen LogP contribution is -2.27. The average Bonchev–Trinajstić information content (AvgIpc) is 2.90. The van der Waals surface area contributed by atoms with Crippen LogP contribution in [-0.2, 0) is 16.3 Å². The van der Waals surface area contributed by atoms with Crippen molar-refractivity contribution in [3.05, 3.63) is 99.9 Å². The van der Waals surface area contributed by atoms with Crippen molar-refractivity contribution in [2.24, 2.45) is 0 Å². The monoisotopic (exact) mass is 553 g/mol. The van der Waals surface area contributed by atoms with Crippen molar-refractivity contribution in [3.63, 3.8) is 0 Å². The molecule has 0 fully saturated rings.